The number of sulfone groups is 1. The second-order valence-corrected chi connectivity index (χ2v) is 7.28. The molecule has 1 atom stereocenters. The van der Waals surface area contributed by atoms with Crippen LogP contribution < -0.4 is 0 Å². The largest absolute Gasteiger partial charge is 0.299 e. The number of carbonyl (C=O) groups excluding carboxylic acids is 2. The van der Waals surface area contributed by atoms with E-state index in [1.54, 1.807) is 13.8 Å². The third-order valence-corrected chi connectivity index (χ3v) is 4.49. The molecule has 1 aliphatic rings. The highest BCUT2D eigenvalue weighted by atomic mass is 32.2. The van der Waals surface area contributed by atoms with E-state index in [1.807, 2.05) is 0 Å². The quantitative estimate of drug-likeness (QED) is 0.608. The molecule has 2 rings (SSSR count). The van der Waals surface area contributed by atoms with Gasteiger partial charge in [-0.25, -0.2) is 13.4 Å². The summed E-state index contributed by atoms with van der Waals surface area (Å²) in [6, 6.07) is 2.75. The van der Waals surface area contributed by atoms with Gasteiger partial charge in [0.05, 0.1) is 5.92 Å². The van der Waals surface area contributed by atoms with E-state index in [4.69, 9.17) is 0 Å². The highest BCUT2D eigenvalue weighted by Crippen LogP contribution is 2.33. The number of aromatic nitrogens is 1. The van der Waals surface area contributed by atoms with E-state index in [9.17, 15) is 18.0 Å². The van der Waals surface area contributed by atoms with Gasteiger partial charge >= 0.3 is 0 Å². The van der Waals surface area contributed by atoms with Crippen LogP contribution in [-0.2, 0) is 14.6 Å². The lowest BCUT2D eigenvalue weighted by atomic mass is 9.92. The fraction of sp³-hybridized carbons (Fsp3) is 0.500. The molecule has 6 heteroatoms. The fourth-order valence-electron chi connectivity index (χ4n) is 2.09. The second kappa shape index (κ2) is 5.09. The zero-order valence-electron chi connectivity index (χ0n) is 11.7. The molecule has 20 heavy (non-hydrogen) atoms. The van der Waals surface area contributed by atoms with Gasteiger partial charge in [-0.3, -0.25) is 9.59 Å². The van der Waals surface area contributed by atoms with Crippen LogP contribution in [0.3, 0.4) is 0 Å². The molecule has 1 fully saturated rings. The Bertz CT molecular complexity index is 674. The molecular formula is C14H17NO4S. The van der Waals surface area contributed by atoms with Crippen molar-refractivity contribution in [1.29, 1.82) is 0 Å². The van der Waals surface area contributed by atoms with Crippen molar-refractivity contribution in [2.45, 2.75) is 31.7 Å². The van der Waals surface area contributed by atoms with Crippen molar-refractivity contribution in [3.63, 3.8) is 0 Å². The SMILES string of the molecule is Cc1nc(S(C)(=O)=O)ccc1C(=O)C(C)C(=O)C1CC1. The Kier molecular flexibility index (Phi) is 3.77. The van der Waals surface area contributed by atoms with Gasteiger partial charge in [0.2, 0.25) is 0 Å². The molecule has 0 aliphatic heterocycles. The first-order valence-corrected chi connectivity index (χ1v) is 8.36. The van der Waals surface area contributed by atoms with Crippen LogP contribution in [0.1, 0.15) is 35.8 Å². The first-order chi connectivity index (χ1) is 9.21. The molecule has 0 spiro atoms. The van der Waals surface area contributed by atoms with Crippen LogP contribution >= 0.6 is 0 Å². The van der Waals surface area contributed by atoms with Crippen molar-refractivity contribution in [1.82, 2.24) is 4.98 Å². The van der Waals surface area contributed by atoms with Crippen LogP contribution in [0.5, 0.6) is 0 Å². The minimum atomic E-state index is -3.40. The predicted octanol–water partition coefficient (Wildman–Crippen LogP) is 1.59. The highest BCUT2D eigenvalue weighted by molar-refractivity contribution is 7.90. The third-order valence-electron chi connectivity index (χ3n) is 3.51. The molecule has 0 saturated heterocycles. The summed E-state index contributed by atoms with van der Waals surface area (Å²) in [5.74, 6) is -0.974. The van der Waals surface area contributed by atoms with Crippen molar-refractivity contribution in [3.8, 4) is 0 Å². The molecule has 0 bridgehead atoms. The standard InChI is InChI=1S/C14H17NO4S/c1-8(13(16)10-4-5-10)14(17)11-6-7-12(15-9(11)2)20(3,18)19/h6-8,10H,4-5H2,1-3H3. The number of Topliss-reactive ketones (excluding diaryl/α,β-unsaturated/α-hetero) is 2. The lowest BCUT2D eigenvalue weighted by Crippen LogP contribution is -2.23. The summed E-state index contributed by atoms with van der Waals surface area (Å²) < 4.78 is 22.8. The van der Waals surface area contributed by atoms with Gasteiger partial charge < -0.3 is 0 Å². The smallest absolute Gasteiger partial charge is 0.192 e. The third kappa shape index (κ3) is 2.95. The maximum absolute atomic E-state index is 12.3. The lowest BCUT2D eigenvalue weighted by molar-refractivity contribution is -0.122. The predicted molar refractivity (Wildman–Crippen MR) is 73.3 cm³/mol. The van der Waals surface area contributed by atoms with Gasteiger partial charge in [0.1, 0.15) is 5.78 Å². The first kappa shape index (κ1) is 14.8. The van der Waals surface area contributed by atoms with Crippen molar-refractivity contribution in [3.05, 3.63) is 23.4 Å². The van der Waals surface area contributed by atoms with Gasteiger partial charge in [-0.05, 0) is 38.8 Å². The van der Waals surface area contributed by atoms with E-state index in [0.717, 1.165) is 19.1 Å². The van der Waals surface area contributed by atoms with Crippen LogP contribution in [0.15, 0.2) is 17.2 Å². The van der Waals surface area contributed by atoms with Gasteiger partial charge in [-0.1, -0.05) is 0 Å². The van der Waals surface area contributed by atoms with Crippen molar-refractivity contribution >= 4 is 21.4 Å². The molecule has 108 valence electrons. The minimum Gasteiger partial charge on any atom is -0.299 e. The Morgan fingerprint density at radius 2 is 1.90 bits per heavy atom. The molecule has 1 unspecified atom stereocenters. The molecule has 1 heterocycles. The van der Waals surface area contributed by atoms with Crippen LogP contribution in [-0.4, -0.2) is 31.2 Å². The van der Waals surface area contributed by atoms with Crippen molar-refractivity contribution in [2.24, 2.45) is 11.8 Å². The highest BCUT2D eigenvalue weighted by Gasteiger charge is 2.36. The number of rotatable bonds is 5. The van der Waals surface area contributed by atoms with E-state index >= 15 is 0 Å². The van der Waals surface area contributed by atoms with Gasteiger partial charge in [0.15, 0.2) is 20.6 Å². The molecule has 1 aliphatic carbocycles. The average molecular weight is 295 g/mol. The molecular weight excluding hydrogens is 278 g/mol. The van der Waals surface area contributed by atoms with E-state index in [-0.39, 0.29) is 22.5 Å². The van der Waals surface area contributed by atoms with Crippen LogP contribution in [0.4, 0.5) is 0 Å². The molecule has 0 radical (unpaired) electrons. The topological polar surface area (TPSA) is 81.2 Å². The number of pyridine rings is 1. The van der Waals surface area contributed by atoms with Gasteiger partial charge in [-0.2, -0.15) is 0 Å². The molecule has 0 amide bonds. The van der Waals surface area contributed by atoms with Crippen LogP contribution in [0.2, 0.25) is 0 Å². The summed E-state index contributed by atoms with van der Waals surface area (Å²) in [5.41, 5.74) is 0.660. The molecule has 1 saturated carbocycles. The summed E-state index contributed by atoms with van der Waals surface area (Å²) in [4.78, 5) is 28.2. The summed E-state index contributed by atoms with van der Waals surface area (Å²) in [6.45, 7) is 3.18. The molecule has 1 aromatic rings. The summed E-state index contributed by atoms with van der Waals surface area (Å²) in [7, 11) is -3.40. The summed E-state index contributed by atoms with van der Waals surface area (Å²) in [5, 5.41) is -0.0623. The number of carbonyl (C=O) groups is 2. The van der Waals surface area contributed by atoms with Crippen molar-refractivity contribution < 1.29 is 18.0 Å². The second-order valence-electron chi connectivity index (χ2n) is 5.32. The van der Waals surface area contributed by atoms with E-state index in [1.165, 1.54) is 12.1 Å². The summed E-state index contributed by atoms with van der Waals surface area (Å²) >= 11 is 0. The number of ketones is 2. The summed E-state index contributed by atoms with van der Waals surface area (Å²) in [6.07, 6.45) is 2.79. The Balaban J connectivity index is 2.28. The normalized spacial score (nSPS) is 16.8. The monoisotopic (exact) mass is 295 g/mol. The maximum atomic E-state index is 12.3. The number of hydrogen-bond acceptors (Lipinski definition) is 5. The van der Waals surface area contributed by atoms with Gasteiger partial charge in [-0.15, -0.1) is 0 Å². The Morgan fingerprint density at radius 1 is 1.30 bits per heavy atom. The Morgan fingerprint density at radius 3 is 2.35 bits per heavy atom. The maximum Gasteiger partial charge on any atom is 0.192 e. The van der Waals surface area contributed by atoms with Gasteiger partial charge in [0.25, 0.3) is 0 Å². The molecule has 1 aromatic heterocycles. The molecule has 5 nitrogen and oxygen atoms in total. The zero-order valence-corrected chi connectivity index (χ0v) is 12.5. The molecule has 0 aromatic carbocycles. The minimum absolute atomic E-state index is 0.0255. The average Bonchev–Trinajstić information content (AvgIpc) is 3.19. The van der Waals surface area contributed by atoms with E-state index in [0.29, 0.717) is 11.3 Å². The van der Waals surface area contributed by atoms with Crippen LogP contribution in [0.25, 0.3) is 0 Å². The fourth-order valence-corrected chi connectivity index (χ4v) is 2.71. The van der Waals surface area contributed by atoms with Crippen molar-refractivity contribution in [2.75, 3.05) is 6.26 Å². The first-order valence-electron chi connectivity index (χ1n) is 6.47. The van der Waals surface area contributed by atoms with E-state index in [2.05, 4.69) is 4.98 Å². The van der Waals surface area contributed by atoms with Crippen LogP contribution in [0, 0.1) is 18.8 Å². The number of hydrogen-bond donors (Lipinski definition) is 0. The van der Waals surface area contributed by atoms with E-state index < -0.39 is 15.8 Å². The zero-order chi connectivity index (χ0) is 15.1. The number of aryl methyl sites for hydroxylation is 1. The molecule has 0 N–H and O–H groups in total. The Labute approximate surface area is 118 Å². The number of nitrogens with zero attached hydrogens (tertiary/aromatic N) is 1. The van der Waals surface area contributed by atoms with Gasteiger partial charge in [0, 0.05) is 23.4 Å². The lowest BCUT2D eigenvalue weighted by Gasteiger charge is -2.11. The Hall–Kier alpha value is -1.56.